The van der Waals surface area contributed by atoms with Crippen LogP contribution in [0.25, 0.3) is 0 Å². The maximum absolute atomic E-state index is 12.2. The Bertz CT molecular complexity index is 254. The van der Waals surface area contributed by atoms with Gasteiger partial charge in [-0.2, -0.15) is 0 Å². The Balaban J connectivity index is 4.88. The summed E-state index contributed by atoms with van der Waals surface area (Å²) in [5.74, 6) is -0.245. The summed E-state index contributed by atoms with van der Waals surface area (Å²) in [6.45, 7) is 3.56. The summed E-state index contributed by atoms with van der Waals surface area (Å²) in [6, 6.07) is 0. The molecule has 0 aliphatic rings. The molecule has 0 rings (SSSR count). The quantitative estimate of drug-likeness (QED) is 0.529. The highest BCUT2D eigenvalue weighted by Gasteiger charge is 2.37. The molecule has 94 valence electrons. The van der Waals surface area contributed by atoms with Gasteiger partial charge in [-0.05, 0) is 13.3 Å². The van der Waals surface area contributed by atoms with Gasteiger partial charge in [0.2, 0.25) is 5.91 Å². The van der Waals surface area contributed by atoms with Crippen molar-refractivity contribution in [3.8, 4) is 0 Å². The summed E-state index contributed by atoms with van der Waals surface area (Å²) >= 11 is 4.90. The van der Waals surface area contributed by atoms with E-state index in [1.807, 2.05) is 6.92 Å². The Hall–Kier alpha value is -0.720. The first-order valence-corrected chi connectivity index (χ1v) is 5.65. The molecule has 5 nitrogen and oxygen atoms in total. The molecule has 4 N–H and O–H groups in total. The van der Waals surface area contributed by atoms with Crippen molar-refractivity contribution < 1.29 is 15.0 Å². The van der Waals surface area contributed by atoms with Crippen LogP contribution in [0.4, 0.5) is 0 Å². The lowest BCUT2D eigenvalue weighted by molar-refractivity contribution is -0.138. The highest BCUT2D eigenvalue weighted by molar-refractivity contribution is 7.80. The standard InChI is InChI=1S/C10H20N2O3S/c1-3-10(2,8(11)16)9(15)12(4-6-13)5-7-14/h13-14H,3-7H2,1-2H3,(H2,11,16). The Labute approximate surface area is 101 Å². The van der Waals surface area contributed by atoms with Gasteiger partial charge in [0, 0.05) is 13.1 Å². The maximum atomic E-state index is 12.2. The van der Waals surface area contributed by atoms with E-state index in [0.29, 0.717) is 6.42 Å². The van der Waals surface area contributed by atoms with Gasteiger partial charge in [0.05, 0.1) is 23.6 Å². The predicted octanol–water partition coefficient (Wildman–Crippen LogP) is -0.498. The summed E-state index contributed by atoms with van der Waals surface area (Å²) in [5.41, 5.74) is 4.67. The van der Waals surface area contributed by atoms with Crippen LogP contribution in [0, 0.1) is 5.41 Å². The Morgan fingerprint density at radius 2 is 1.81 bits per heavy atom. The van der Waals surface area contributed by atoms with Crippen LogP contribution in [-0.2, 0) is 4.79 Å². The fraction of sp³-hybridized carbons (Fsp3) is 0.800. The zero-order valence-corrected chi connectivity index (χ0v) is 10.6. The monoisotopic (exact) mass is 248 g/mol. The van der Waals surface area contributed by atoms with Crippen molar-refractivity contribution in [2.75, 3.05) is 26.3 Å². The van der Waals surface area contributed by atoms with E-state index in [9.17, 15) is 4.79 Å². The molecule has 0 bridgehead atoms. The topological polar surface area (TPSA) is 86.8 Å². The Morgan fingerprint density at radius 3 is 2.06 bits per heavy atom. The van der Waals surface area contributed by atoms with E-state index in [0.717, 1.165) is 0 Å². The molecule has 0 spiro atoms. The molecule has 0 saturated heterocycles. The van der Waals surface area contributed by atoms with Crippen LogP contribution in [0.1, 0.15) is 20.3 Å². The number of aliphatic hydroxyl groups excluding tert-OH is 2. The lowest BCUT2D eigenvalue weighted by Crippen LogP contribution is -2.50. The van der Waals surface area contributed by atoms with Crippen LogP contribution >= 0.6 is 12.2 Å². The number of carbonyl (C=O) groups is 1. The molecule has 0 aromatic heterocycles. The maximum Gasteiger partial charge on any atom is 0.235 e. The molecule has 0 aliphatic carbocycles. The summed E-state index contributed by atoms with van der Waals surface area (Å²) < 4.78 is 0. The largest absolute Gasteiger partial charge is 0.395 e. The number of thiocarbonyl (C=S) groups is 1. The Kier molecular flexibility index (Phi) is 6.47. The zero-order chi connectivity index (χ0) is 12.8. The first kappa shape index (κ1) is 15.3. The average molecular weight is 248 g/mol. The molecule has 0 aliphatic heterocycles. The molecule has 6 heteroatoms. The molecule has 0 aromatic rings. The highest BCUT2D eigenvalue weighted by Crippen LogP contribution is 2.24. The Morgan fingerprint density at radius 1 is 1.38 bits per heavy atom. The van der Waals surface area contributed by atoms with Crippen LogP contribution < -0.4 is 5.73 Å². The summed E-state index contributed by atoms with van der Waals surface area (Å²) in [5, 5.41) is 17.7. The fourth-order valence-electron chi connectivity index (χ4n) is 1.34. The number of nitrogens with two attached hydrogens (primary N) is 1. The number of carbonyl (C=O) groups excluding carboxylic acids is 1. The van der Waals surface area contributed by atoms with Gasteiger partial charge in [-0.3, -0.25) is 4.79 Å². The van der Waals surface area contributed by atoms with E-state index in [-0.39, 0.29) is 37.2 Å². The molecular weight excluding hydrogens is 228 g/mol. The van der Waals surface area contributed by atoms with E-state index in [4.69, 9.17) is 28.2 Å². The molecule has 0 heterocycles. The molecule has 0 radical (unpaired) electrons. The number of aliphatic hydroxyl groups is 2. The molecular formula is C10H20N2O3S. The number of hydrogen-bond donors (Lipinski definition) is 3. The van der Waals surface area contributed by atoms with Crippen molar-refractivity contribution in [3.63, 3.8) is 0 Å². The third kappa shape index (κ3) is 3.40. The van der Waals surface area contributed by atoms with Crippen LogP contribution in [0.3, 0.4) is 0 Å². The first-order chi connectivity index (χ1) is 7.43. The van der Waals surface area contributed by atoms with Gasteiger partial charge in [-0.25, -0.2) is 0 Å². The van der Waals surface area contributed by atoms with Crippen LogP contribution in [0.15, 0.2) is 0 Å². The van der Waals surface area contributed by atoms with Gasteiger partial charge in [-0.1, -0.05) is 19.1 Å². The van der Waals surface area contributed by atoms with Gasteiger partial charge in [0.15, 0.2) is 0 Å². The summed E-state index contributed by atoms with van der Waals surface area (Å²) in [7, 11) is 0. The second-order valence-electron chi connectivity index (χ2n) is 3.79. The van der Waals surface area contributed by atoms with E-state index in [2.05, 4.69) is 0 Å². The van der Waals surface area contributed by atoms with Crippen LogP contribution in [0.5, 0.6) is 0 Å². The predicted molar refractivity (Wildman–Crippen MR) is 65.9 cm³/mol. The number of nitrogens with zero attached hydrogens (tertiary/aromatic N) is 1. The van der Waals surface area contributed by atoms with E-state index in [1.165, 1.54) is 4.90 Å². The number of hydrogen-bond acceptors (Lipinski definition) is 4. The van der Waals surface area contributed by atoms with Crippen LogP contribution in [0.2, 0.25) is 0 Å². The van der Waals surface area contributed by atoms with E-state index < -0.39 is 5.41 Å². The van der Waals surface area contributed by atoms with E-state index in [1.54, 1.807) is 6.92 Å². The molecule has 1 amide bonds. The minimum Gasteiger partial charge on any atom is -0.395 e. The lowest BCUT2D eigenvalue weighted by Gasteiger charge is -2.32. The SMILES string of the molecule is CCC(C)(C(=O)N(CCO)CCO)C(N)=S. The van der Waals surface area contributed by atoms with Crippen molar-refractivity contribution in [2.45, 2.75) is 20.3 Å². The van der Waals surface area contributed by atoms with Crippen molar-refractivity contribution in [2.24, 2.45) is 11.1 Å². The number of amides is 1. The fourth-order valence-corrected chi connectivity index (χ4v) is 1.57. The minimum atomic E-state index is -0.903. The van der Waals surface area contributed by atoms with Gasteiger partial charge in [0.25, 0.3) is 0 Å². The smallest absolute Gasteiger partial charge is 0.235 e. The van der Waals surface area contributed by atoms with Gasteiger partial charge in [0.1, 0.15) is 0 Å². The third-order valence-electron chi connectivity index (χ3n) is 2.75. The molecule has 0 saturated carbocycles. The third-order valence-corrected chi connectivity index (χ3v) is 3.20. The molecule has 1 atom stereocenters. The molecule has 16 heavy (non-hydrogen) atoms. The second-order valence-corrected chi connectivity index (χ2v) is 4.23. The average Bonchev–Trinajstić information content (AvgIpc) is 2.26. The second kappa shape index (κ2) is 6.78. The van der Waals surface area contributed by atoms with Crippen molar-refractivity contribution >= 4 is 23.1 Å². The molecule has 0 aromatic carbocycles. The van der Waals surface area contributed by atoms with Crippen molar-refractivity contribution in [3.05, 3.63) is 0 Å². The minimum absolute atomic E-state index is 0.140. The number of rotatable bonds is 7. The molecule has 0 fully saturated rings. The van der Waals surface area contributed by atoms with Crippen molar-refractivity contribution in [1.29, 1.82) is 0 Å². The summed E-state index contributed by atoms with van der Waals surface area (Å²) in [6.07, 6.45) is 0.495. The first-order valence-electron chi connectivity index (χ1n) is 5.25. The summed E-state index contributed by atoms with van der Waals surface area (Å²) in [4.78, 5) is 13.7. The van der Waals surface area contributed by atoms with Gasteiger partial charge < -0.3 is 20.8 Å². The van der Waals surface area contributed by atoms with Gasteiger partial charge in [-0.15, -0.1) is 0 Å². The molecule has 1 unspecified atom stereocenters. The van der Waals surface area contributed by atoms with E-state index >= 15 is 0 Å². The highest BCUT2D eigenvalue weighted by atomic mass is 32.1. The zero-order valence-electron chi connectivity index (χ0n) is 9.77. The van der Waals surface area contributed by atoms with Crippen molar-refractivity contribution in [1.82, 2.24) is 4.90 Å². The lowest BCUT2D eigenvalue weighted by atomic mass is 9.85. The van der Waals surface area contributed by atoms with Gasteiger partial charge >= 0.3 is 0 Å². The van der Waals surface area contributed by atoms with Crippen LogP contribution in [-0.4, -0.2) is 52.3 Å². The normalized spacial score (nSPS) is 14.2.